The number of anilines is 2. The molecule has 2 aromatic heterocycles. The van der Waals surface area contributed by atoms with E-state index >= 15 is 0 Å². The molecule has 6 rings (SSSR count). The molecule has 0 aliphatic carbocycles. The van der Waals surface area contributed by atoms with E-state index in [1.807, 2.05) is 4.90 Å². The summed E-state index contributed by atoms with van der Waals surface area (Å²) in [5.74, 6) is -0.896. The summed E-state index contributed by atoms with van der Waals surface area (Å²) in [5.41, 5.74) is 2.10. The standard InChI is InChI=1S/C25H22F2N8O2/c26-17-4-6-19(7-5-17)35-24-22(30-31-35)23(28-15-29-24)32-8-10-33(11-9-32)25(37)16-12-21(36)34(14-16)20-3-1-2-18(27)13-20/h1-7,13,15-16H,8-12,14H2. The predicted octanol–water partition coefficient (Wildman–Crippen LogP) is 2.19. The van der Waals surface area contributed by atoms with Gasteiger partial charge in [-0.05, 0) is 42.5 Å². The maximum Gasteiger partial charge on any atom is 0.228 e. The van der Waals surface area contributed by atoms with Crippen LogP contribution in [0.3, 0.4) is 0 Å². The minimum atomic E-state index is -0.469. The van der Waals surface area contributed by atoms with E-state index in [2.05, 4.69) is 20.3 Å². The molecular weight excluding hydrogens is 482 g/mol. The largest absolute Gasteiger partial charge is 0.351 e. The van der Waals surface area contributed by atoms with Crippen molar-refractivity contribution >= 4 is 34.5 Å². The number of piperazine rings is 1. The summed E-state index contributed by atoms with van der Waals surface area (Å²) in [7, 11) is 0. The molecule has 0 radical (unpaired) electrons. The Morgan fingerprint density at radius 3 is 2.46 bits per heavy atom. The molecule has 2 aromatic carbocycles. The third kappa shape index (κ3) is 4.24. The summed E-state index contributed by atoms with van der Waals surface area (Å²) >= 11 is 0. The fourth-order valence-electron chi connectivity index (χ4n) is 4.89. The van der Waals surface area contributed by atoms with Gasteiger partial charge in [0.15, 0.2) is 17.0 Å². The van der Waals surface area contributed by atoms with Gasteiger partial charge in [-0.25, -0.2) is 18.7 Å². The maximum atomic E-state index is 13.6. The van der Waals surface area contributed by atoms with Crippen molar-refractivity contribution < 1.29 is 18.4 Å². The number of aromatic nitrogens is 5. The van der Waals surface area contributed by atoms with Crippen LogP contribution in [0.15, 0.2) is 54.9 Å². The topological polar surface area (TPSA) is 100 Å². The van der Waals surface area contributed by atoms with Gasteiger partial charge >= 0.3 is 0 Å². The van der Waals surface area contributed by atoms with E-state index in [-0.39, 0.29) is 30.6 Å². The van der Waals surface area contributed by atoms with Crippen LogP contribution < -0.4 is 9.80 Å². The Morgan fingerprint density at radius 1 is 0.919 bits per heavy atom. The average Bonchev–Trinajstić information content (AvgIpc) is 3.53. The number of amides is 2. The Kier molecular flexibility index (Phi) is 5.70. The van der Waals surface area contributed by atoms with Gasteiger partial charge in [-0.2, -0.15) is 4.68 Å². The highest BCUT2D eigenvalue weighted by Gasteiger charge is 2.38. The molecule has 2 aliphatic heterocycles. The first-order chi connectivity index (χ1) is 18.0. The number of rotatable bonds is 4. The Morgan fingerprint density at radius 2 is 1.70 bits per heavy atom. The quantitative estimate of drug-likeness (QED) is 0.420. The van der Waals surface area contributed by atoms with Gasteiger partial charge < -0.3 is 14.7 Å². The zero-order valence-electron chi connectivity index (χ0n) is 19.7. The number of benzene rings is 2. The second-order valence-electron chi connectivity index (χ2n) is 9.04. The summed E-state index contributed by atoms with van der Waals surface area (Å²) in [6.07, 6.45) is 1.54. The van der Waals surface area contributed by atoms with E-state index in [9.17, 15) is 18.4 Å². The molecule has 0 saturated carbocycles. The monoisotopic (exact) mass is 504 g/mol. The lowest BCUT2D eigenvalue weighted by molar-refractivity contribution is -0.136. The molecule has 4 aromatic rings. The van der Waals surface area contributed by atoms with E-state index in [4.69, 9.17) is 0 Å². The van der Waals surface area contributed by atoms with Crippen molar-refractivity contribution in [2.75, 3.05) is 42.5 Å². The highest BCUT2D eigenvalue weighted by atomic mass is 19.1. The molecule has 12 heteroatoms. The summed E-state index contributed by atoms with van der Waals surface area (Å²) in [6.45, 7) is 2.20. The van der Waals surface area contributed by atoms with Crippen molar-refractivity contribution in [2.24, 2.45) is 5.92 Å². The van der Waals surface area contributed by atoms with Crippen LogP contribution in [0.25, 0.3) is 16.9 Å². The van der Waals surface area contributed by atoms with Crippen molar-refractivity contribution in [3.05, 3.63) is 66.5 Å². The van der Waals surface area contributed by atoms with E-state index in [0.29, 0.717) is 54.5 Å². The van der Waals surface area contributed by atoms with Crippen LogP contribution in [-0.4, -0.2) is 74.4 Å². The Hall–Kier alpha value is -4.48. The maximum absolute atomic E-state index is 13.6. The van der Waals surface area contributed by atoms with Crippen molar-refractivity contribution in [1.82, 2.24) is 29.9 Å². The zero-order chi connectivity index (χ0) is 25.5. The fraction of sp³-hybridized carbons (Fsp3) is 0.280. The third-order valence-corrected chi connectivity index (χ3v) is 6.77. The van der Waals surface area contributed by atoms with Crippen LogP contribution in [0.1, 0.15) is 6.42 Å². The molecule has 0 bridgehead atoms. The number of carbonyl (C=O) groups is 2. The van der Waals surface area contributed by atoms with Crippen LogP contribution in [0.4, 0.5) is 20.3 Å². The van der Waals surface area contributed by atoms with Crippen LogP contribution in [0, 0.1) is 17.6 Å². The molecule has 2 saturated heterocycles. The molecule has 1 unspecified atom stereocenters. The molecule has 2 fully saturated rings. The van der Waals surface area contributed by atoms with Gasteiger partial charge in [0.05, 0.1) is 11.6 Å². The van der Waals surface area contributed by atoms with Crippen LogP contribution >= 0.6 is 0 Å². The van der Waals surface area contributed by atoms with E-state index in [1.165, 1.54) is 40.2 Å². The summed E-state index contributed by atoms with van der Waals surface area (Å²) in [4.78, 5) is 39.7. The van der Waals surface area contributed by atoms with Crippen molar-refractivity contribution in [1.29, 1.82) is 0 Å². The minimum Gasteiger partial charge on any atom is -0.351 e. The first kappa shape index (κ1) is 23.0. The highest BCUT2D eigenvalue weighted by Crippen LogP contribution is 2.28. The van der Waals surface area contributed by atoms with Gasteiger partial charge in [0.2, 0.25) is 11.8 Å². The number of hydrogen-bond donors (Lipinski definition) is 0. The number of nitrogens with zero attached hydrogens (tertiary/aromatic N) is 8. The lowest BCUT2D eigenvalue weighted by atomic mass is 10.1. The molecule has 0 N–H and O–H groups in total. The Balaban J connectivity index is 1.14. The molecular formula is C25H22F2N8O2. The lowest BCUT2D eigenvalue weighted by Gasteiger charge is -2.36. The summed E-state index contributed by atoms with van der Waals surface area (Å²) in [5, 5.41) is 8.44. The van der Waals surface area contributed by atoms with Crippen molar-refractivity contribution in [3.8, 4) is 5.69 Å². The molecule has 2 amide bonds. The van der Waals surface area contributed by atoms with Gasteiger partial charge in [-0.15, -0.1) is 5.10 Å². The lowest BCUT2D eigenvalue weighted by Crippen LogP contribution is -2.51. The number of carbonyl (C=O) groups excluding carboxylic acids is 2. The number of fused-ring (bicyclic) bond motifs is 1. The zero-order valence-corrected chi connectivity index (χ0v) is 19.7. The first-order valence-corrected chi connectivity index (χ1v) is 11.9. The highest BCUT2D eigenvalue weighted by molar-refractivity contribution is 6.00. The van der Waals surface area contributed by atoms with Gasteiger partial charge in [0.25, 0.3) is 0 Å². The molecule has 2 aliphatic rings. The average molecular weight is 505 g/mol. The SMILES string of the molecule is O=C(C1CC(=O)N(c2cccc(F)c2)C1)N1CCN(c2ncnc3c2nnn3-c2ccc(F)cc2)CC1. The summed E-state index contributed by atoms with van der Waals surface area (Å²) < 4.78 is 28.5. The van der Waals surface area contributed by atoms with Crippen LogP contribution in [0.5, 0.6) is 0 Å². The van der Waals surface area contributed by atoms with Crippen LogP contribution in [0.2, 0.25) is 0 Å². The van der Waals surface area contributed by atoms with E-state index in [1.54, 1.807) is 29.2 Å². The Bertz CT molecular complexity index is 1480. The van der Waals surface area contributed by atoms with Crippen LogP contribution in [-0.2, 0) is 9.59 Å². The molecule has 188 valence electrons. The van der Waals surface area contributed by atoms with Gasteiger partial charge in [0.1, 0.15) is 18.0 Å². The first-order valence-electron chi connectivity index (χ1n) is 11.9. The van der Waals surface area contributed by atoms with Crippen molar-refractivity contribution in [2.45, 2.75) is 6.42 Å². The minimum absolute atomic E-state index is 0.0815. The van der Waals surface area contributed by atoms with E-state index < -0.39 is 11.7 Å². The molecule has 1 atom stereocenters. The third-order valence-electron chi connectivity index (χ3n) is 6.77. The summed E-state index contributed by atoms with van der Waals surface area (Å²) in [6, 6.07) is 11.7. The fourth-order valence-corrected chi connectivity index (χ4v) is 4.89. The second kappa shape index (κ2) is 9.19. The molecule has 10 nitrogen and oxygen atoms in total. The van der Waals surface area contributed by atoms with Gasteiger partial charge in [0, 0.05) is 44.8 Å². The number of hydrogen-bond acceptors (Lipinski definition) is 7. The second-order valence-corrected chi connectivity index (χ2v) is 9.04. The smallest absolute Gasteiger partial charge is 0.228 e. The molecule has 4 heterocycles. The number of halogens is 2. The van der Waals surface area contributed by atoms with Gasteiger partial charge in [-0.1, -0.05) is 11.3 Å². The van der Waals surface area contributed by atoms with E-state index in [0.717, 1.165) is 0 Å². The molecule has 37 heavy (non-hydrogen) atoms. The predicted molar refractivity (Wildman–Crippen MR) is 130 cm³/mol. The normalized spacial score (nSPS) is 18.2. The van der Waals surface area contributed by atoms with Crippen molar-refractivity contribution in [3.63, 3.8) is 0 Å². The molecule has 0 spiro atoms. The van der Waals surface area contributed by atoms with Gasteiger partial charge in [-0.3, -0.25) is 9.59 Å². The Labute approximate surface area is 210 Å².